The van der Waals surface area contributed by atoms with E-state index in [1.165, 1.54) is 30.3 Å². The molecule has 0 spiro atoms. The van der Waals surface area contributed by atoms with Crippen molar-refractivity contribution < 1.29 is 13.5 Å². The third-order valence-electron chi connectivity index (χ3n) is 2.60. The number of phenols is 1. The zero-order valence-electron chi connectivity index (χ0n) is 9.88. The lowest BCUT2D eigenvalue weighted by Crippen LogP contribution is -2.05. The Bertz CT molecular complexity index is 714. The molecule has 0 aliphatic carbocycles. The van der Waals surface area contributed by atoms with Crippen molar-refractivity contribution in [1.29, 1.82) is 0 Å². The van der Waals surface area contributed by atoms with E-state index >= 15 is 0 Å². The van der Waals surface area contributed by atoms with Gasteiger partial charge in [-0.2, -0.15) is 0 Å². The van der Waals surface area contributed by atoms with Crippen molar-refractivity contribution in [3.8, 4) is 5.75 Å². The van der Waals surface area contributed by atoms with Crippen LogP contribution in [-0.4, -0.2) is 13.5 Å². The van der Waals surface area contributed by atoms with Crippen LogP contribution in [0.1, 0.15) is 5.56 Å². The fraction of sp³-hybridized carbons (Fsp3) is 0.0769. The van der Waals surface area contributed by atoms with Gasteiger partial charge in [0.2, 0.25) is 0 Å². The molecule has 19 heavy (non-hydrogen) atoms. The molecule has 0 unspecified atom stereocenters. The second-order valence-electron chi connectivity index (χ2n) is 4.11. The van der Waals surface area contributed by atoms with Crippen molar-refractivity contribution in [2.45, 2.75) is 10.6 Å². The van der Waals surface area contributed by atoms with Crippen molar-refractivity contribution in [2.24, 2.45) is 0 Å². The number of phenolic OH excluding ortho intramolecular Hbond substituents is 1. The molecule has 0 aliphatic rings. The lowest BCUT2D eigenvalue weighted by molar-refractivity contribution is 0.475. The Balaban J connectivity index is 2.35. The molecule has 0 amide bonds. The first kappa shape index (κ1) is 13.7. The first-order valence-corrected chi connectivity index (χ1v) is 7.47. The van der Waals surface area contributed by atoms with E-state index in [4.69, 9.17) is 17.3 Å². The Labute approximate surface area is 116 Å². The zero-order chi connectivity index (χ0) is 14.0. The zero-order valence-corrected chi connectivity index (χ0v) is 11.4. The van der Waals surface area contributed by atoms with E-state index < -0.39 is 9.84 Å². The molecule has 2 aromatic rings. The molecule has 0 atom stereocenters. The maximum atomic E-state index is 12.2. The minimum absolute atomic E-state index is 0.0306. The Morgan fingerprint density at radius 3 is 2.53 bits per heavy atom. The smallest absolute Gasteiger partial charge is 0.182 e. The number of benzene rings is 2. The lowest BCUT2D eigenvalue weighted by atomic mass is 10.2. The molecule has 0 saturated carbocycles. The molecular formula is C13H12ClNO3S. The van der Waals surface area contributed by atoms with Gasteiger partial charge in [-0.05, 0) is 35.9 Å². The number of halogens is 1. The average Bonchev–Trinajstić information content (AvgIpc) is 2.32. The van der Waals surface area contributed by atoms with Crippen LogP contribution in [0.15, 0.2) is 47.4 Å². The molecule has 4 nitrogen and oxygen atoms in total. The second kappa shape index (κ2) is 5.11. The Hall–Kier alpha value is -1.72. The molecule has 0 bridgehead atoms. The summed E-state index contributed by atoms with van der Waals surface area (Å²) >= 11 is 5.82. The van der Waals surface area contributed by atoms with Crippen LogP contribution in [0.4, 0.5) is 5.69 Å². The van der Waals surface area contributed by atoms with E-state index in [1.807, 2.05) is 0 Å². The summed E-state index contributed by atoms with van der Waals surface area (Å²) in [5.41, 5.74) is 6.38. The molecule has 0 fully saturated rings. The first-order chi connectivity index (χ1) is 8.88. The minimum atomic E-state index is -3.52. The van der Waals surface area contributed by atoms with E-state index in [1.54, 1.807) is 12.1 Å². The van der Waals surface area contributed by atoms with Gasteiger partial charge in [0, 0.05) is 0 Å². The highest BCUT2D eigenvalue weighted by Crippen LogP contribution is 2.25. The predicted molar refractivity (Wildman–Crippen MR) is 74.9 cm³/mol. The van der Waals surface area contributed by atoms with E-state index in [0.29, 0.717) is 11.3 Å². The van der Waals surface area contributed by atoms with Crippen LogP contribution in [0.2, 0.25) is 5.02 Å². The summed E-state index contributed by atoms with van der Waals surface area (Å²) in [6, 6.07) is 10.3. The summed E-state index contributed by atoms with van der Waals surface area (Å²) in [5.74, 6) is -0.176. The highest BCUT2D eigenvalue weighted by atomic mass is 35.5. The number of hydrogen-bond acceptors (Lipinski definition) is 4. The van der Waals surface area contributed by atoms with Crippen molar-refractivity contribution in [1.82, 2.24) is 0 Å². The monoisotopic (exact) mass is 297 g/mol. The molecule has 100 valence electrons. The summed E-state index contributed by atoms with van der Waals surface area (Å²) in [4.78, 5) is 0.107. The maximum absolute atomic E-state index is 12.2. The highest BCUT2D eigenvalue weighted by Gasteiger charge is 2.16. The van der Waals surface area contributed by atoms with Gasteiger partial charge in [0.1, 0.15) is 5.75 Å². The fourth-order valence-electron chi connectivity index (χ4n) is 1.65. The van der Waals surface area contributed by atoms with Crippen LogP contribution < -0.4 is 5.73 Å². The quantitative estimate of drug-likeness (QED) is 0.853. The average molecular weight is 298 g/mol. The van der Waals surface area contributed by atoms with Gasteiger partial charge in [-0.3, -0.25) is 0 Å². The third-order valence-corrected chi connectivity index (χ3v) is 4.61. The van der Waals surface area contributed by atoms with Gasteiger partial charge in [-0.15, -0.1) is 0 Å². The van der Waals surface area contributed by atoms with E-state index in [9.17, 15) is 13.5 Å². The number of nitrogen functional groups attached to an aromatic ring is 1. The van der Waals surface area contributed by atoms with E-state index in [0.717, 1.165) is 0 Å². The van der Waals surface area contributed by atoms with Crippen LogP contribution in [0, 0.1) is 0 Å². The molecule has 2 rings (SSSR count). The summed E-state index contributed by atoms with van der Waals surface area (Å²) in [7, 11) is -3.52. The standard InChI is InChI=1S/C13H12ClNO3S/c14-12-7-11(4-5-13(12)15)19(17,18)8-9-2-1-3-10(16)6-9/h1-7,16H,8,15H2. The third kappa shape index (κ3) is 3.19. The number of hydrogen-bond donors (Lipinski definition) is 2. The van der Waals surface area contributed by atoms with Gasteiger partial charge >= 0.3 is 0 Å². The van der Waals surface area contributed by atoms with Crippen molar-refractivity contribution in [2.75, 3.05) is 5.73 Å². The molecule has 0 aliphatic heterocycles. The summed E-state index contributed by atoms with van der Waals surface area (Å²) in [5, 5.41) is 9.53. The van der Waals surface area contributed by atoms with Crippen molar-refractivity contribution in [3.05, 3.63) is 53.1 Å². The molecule has 0 saturated heterocycles. The van der Waals surface area contributed by atoms with Crippen LogP contribution in [0.25, 0.3) is 0 Å². The summed E-state index contributed by atoms with van der Waals surface area (Å²) in [6.45, 7) is 0. The Kier molecular flexibility index (Phi) is 3.68. The SMILES string of the molecule is Nc1ccc(S(=O)(=O)Cc2cccc(O)c2)cc1Cl. The Morgan fingerprint density at radius 1 is 1.16 bits per heavy atom. The van der Waals surface area contributed by atoms with Crippen LogP contribution in [0.3, 0.4) is 0 Å². The van der Waals surface area contributed by atoms with Gasteiger partial charge in [0.25, 0.3) is 0 Å². The summed E-state index contributed by atoms with van der Waals surface area (Å²) < 4.78 is 24.4. The van der Waals surface area contributed by atoms with Crippen LogP contribution in [0.5, 0.6) is 5.75 Å². The molecule has 2 aromatic carbocycles. The minimum Gasteiger partial charge on any atom is -0.508 e. The largest absolute Gasteiger partial charge is 0.508 e. The van der Waals surface area contributed by atoms with Crippen molar-refractivity contribution >= 4 is 27.1 Å². The van der Waals surface area contributed by atoms with Gasteiger partial charge in [-0.1, -0.05) is 23.7 Å². The highest BCUT2D eigenvalue weighted by molar-refractivity contribution is 7.90. The summed E-state index contributed by atoms with van der Waals surface area (Å²) in [6.07, 6.45) is 0. The molecule has 0 heterocycles. The number of rotatable bonds is 3. The molecule has 0 radical (unpaired) electrons. The van der Waals surface area contributed by atoms with Gasteiger partial charge in [0.15, 0.2) is 9.84 Å². The van der Waals surface area contributed by atoms with Gasteiger partial charge in [-0.25, -0.2) is 8.42 Å². The number of anilines is 1. The van der Waals surface area contributed by atoms with Crippen LogP contribution in [-0.2, 0) is 15.6 Å². The molecular weight excluding hydrogens is 286 g/mol. The number of aromatic hydroxyl groups is 1. The molecule has 0 aromatic heterocycles. The number of nitrogens with two attached hydrogens (primary N) is 1. The maximum Gasteiger partial charge on any atom is 0.182 e. The van der Waals surface area contributed by atoms with Crippen molar-refractivity contribution in [3.63, 3.8) is 0 Å². The van der Waals surface area contributed by atoms with Crippen LogP contribution >= 0.6 is 11.6 Å². The lowest BCUT2D eigenvalue weighted by Gasteiger charge is -2.06. The normalized spacial score (nSPS) is 11.4. The van der Waals surface area contributed by atoms with Gasteiger partial charge in [0.05, 0.1) is 21.4 Å². The fourth-order valence-corrected chi connectivity index (χ4v) is 3.25. The second-order valence-corrected chi connectivity index (χ2v) is 6.51. The topological polar surface area (TPSA) is 80.4 Å². The Morgan fingerprint density at radius 2 is 1.89 bits per heavy atom. The van der Waals surface area contributed by atoms with Gasteiger partial charge < -0.3 is 10.8 Å². The van der Waals surface area contributed by atoms with E-state index in [2.05, 4.69) is 0 Å². The van der Waals surface area contributed by atoms with E-state index in [-0.39, 0.29) is 21.4 Å². The predicted octanol–water partition coefficient (Wildman–Crippen LogP) is 2.60. The first-order valence-electron chi connectivity index (χ1n) is 5.44. The molecule has 3 N–H and O–H groups in total. The molecule has 6 heteroatoms. The number of sulfone groups is 1.